The number of aryl methyl sites for hydroxylation is 1. The second kappa shape index (κ2) is 6.22. The van der Waals surface area contributed by atoms with Crippen LogP contribution < -0.4 is 10.6 Å². The van der Waals surface area contributed by atoms with Gasteiger partial charge in [-0.3, -0.25) is 14.9 Å². The Kier molecular flexibility index (Phi) is 4.57. The summed E-state index contributed by atoms with van der Waals surface area (Å²) in [4.78, 5) is 22.6. The van der Waals surface area contributed by atoms with Crippen LogP contribution in [0.1, 0.15) is 35.7 Å². The molecule has 0 radical (unpaired) electrons. The van der Waals surface area contributed by atoms with Crippen LogP contribution in [0.25, 0.3) is 0 Å². The molecular formula is C15H21N3O3. The smallest absolute Gasteiger partial charge is 0.270 e. The fourth-order valence-electron chi connectivity index (χ4n) is 2.60. The lowest BCUT2D eigenvalue weighted by Gasteiger charge is -2.34. The first-order chi connectivity index (χ1) is 9.89. The molecule has 0 unspecified atom stereocenters. The van der Waals surface area contributed by atoms with E-state index in [2.05, 4.69) is 17.6 Å². The Balaban J connectivity index is 2.04. The van der Waals surface area contributed by atoms with Crippen molar-refractivity contribution in [1.29, 1.82) is 0 Å². The first kappa shape index (κ1) is 15.4. The van der Waals surface area contributed by atoms with Crippen LogP contribution in [0.4, 0.5) is 5.69 Å². The van der Waals surface area contributed by atoms with Gasteiger partial charge in [0.2, 0.25) is 0 Å². The maximum Gasteiger partial charge on any atom is 0.270 e. The van der Waals surface area contributed by atoms with E-state index >= 15 is 0 Å². The summed E-state index contributed by atoms with van der Waals surface area (Å²) in [5.41, 5.74) is 1.10. The molecule has 6 heteroatoms. The Labute approximate surface area is 124 Å². The number of nitro benzene ring substituents is 1. The van der Waals surface area contributed by atoms with Gasteiger partial charge >= 0.3 is 0 Å². The molecule has 0 atom stereocenters. The Morgan fingerprint density at radius 2 is 2.05 bits per heavy atom. The number of carbonyl (C=O) groups is 1. The topological polar surface area (TPSA) is 84.3 Å². The summed E-state index contributed by atoms with van der Waals surface area (Å²) < 4.78 is 0. The lowest BCUT2D eigenvalue weighted by Crippen LogP contribution is -2.42. The molecule has 1 fully saturated rings. The summed E-state index contributed by atoms with van der Waals surface area (Å²) in [5.74, 6) is -0.249. The molecule has 0 spiro atoms. The number of nitrogens with one attached hydrogen (secondary N) is 2. The van der Waals surface area contributed by atoms with Gasteiger partial charge in [-0.05, 0) is 49.9 Å². The van der Waals surface area contributed by atoms with Crippen molar-refractivity contribution in [1.82, 2.24) is 10.6 Å². The summed E-state index contributed by atoms with van der Waals surface area (Å²) in [7, 11) is 0. The van der Waals surface area contributed by atoms with E-state index in [0.717, 1.165) is 25.9 Å². The molecule has 1 aromatic rings. The van der Waals surface area contributed by atoms with Gasteiger partial charge in [-0.2, -0.15) is 0 Å². The number of carbonyl (C=O) groups excluding carboxylic acids is 1. The van der Waals surface area contributed by atoms with E-state index in [4.69, 9.17) is 0 Å². The van der Waals surface area contributed by atoms with Crippen molar-refractivity contribution in [3.63, 3.8) is 0 Å². The third-order valence-corrected chi connectivity index (χ3v) is 4.02. The molecule has 2 rings (SSSR count). The zero-order valence-electron chi connectivity index (χ0n) is 12.4. The second-order valence-corrected chi connectivity index (χ2v) is 6.06. The number of nitro groups is 1. The van der Waals surface area contributed by atoms with E-state index in [0.29, 0.717) is 17.7 Å². The molecule has 1 aromatic carbocycles. The van der Waals surface area contributed by atoms with Crippen molar-refractivity contribution in [3.05, 3.63) is 39.4 Å². The summed E-state index contributed by atoms with van der Waals surface area (Å²) in [6.45, 7) is 6.42. The van der Waals surface area contributed by atoms with Crippen LogP contribution in [0.2, 0.25) is 0 Å². The van der Waals surface area contributed by atoms with Crippen LogP contribution in [-0.4, -0.2) is 30.5 Å². The predicted octanol–water partition coefficient (Wildman–Crippen LogP) is 2.02. The number of amides is 1. The fraction of sp³-hybridized carbons (Fsp3) is 0.533. The molecule has 2 N–H and O–H groups in total. The maximum atomic E-state index is 12.2. The summed E-state index contributed by atoms with van der Waals surface area (Å²) in [5, 5.41) is 17.1. The molecule has 1 aliphatic heterocycles. The molecule has 21 heavy (non-hydrogen) atoms. The van der Waals surface area contributed by atoms with Crippen molar-refractivity contribution >= 4 is 11.6 Å². The van der Waals surface area contributed by atoms with E-state index in [9.17, 15) is 14.9 Å². The maximum absolute atomic E-state index is 12.2. The third-order valence-electron chi connectivity index (χ3n) is 4.02. The molecule has 0 aliphatic carbocycles. The predicted molar refractivity (Wildman–Crippen MR) is 80.4 cm³/mol. The average molecular weight is 291 g/mol. The van der Waals surface area contributed by atoms with Gasteiger partial charge < -0.3 is 10.6 Å². The van der Waals surface area contributed by atoms with Gasteiger partial charge in [0.05, 0.1) is 4.92 Å². The second-order valence-electron chi connectivity index (χ2n) is 6.06. The normalized spacial score (nSPS) is 17.2. The first-order valence-electron chi connectivity index (χ1n) is 7.15. The minimum absolute atomic E-state index is 0.0479. The van der Waals surface area contributed by atoms with E-state index in [1.807, 2.05) is 0 Å². The number of piperidine rings is 1. The van der Waals surface area contributed by atoms with Crippen molar-refractivity contribution in [2.45, 2.75) is 26.7 Å². The Morgan fingerprint density at radius 1 is 1.38 bits per heavy atom. The molecule has 6 nitrogen and oxygen atoms in total. The number of hydrogen-bond donors (Lipinski definition) is 2. The van der Waals surface area contributed by atoms with Crippen LogP contribution in [0.3, 0.4) is 0 Å². The largest absolute Gasteiger partial charge is 0.351 e. The highest BCUT2D eigenvalue weighted by molar-refractivity contribution is 5.95. The minimum Gasteiger partial charge on any atom is -0.351 e. The zero-order valence-corrected chi connectivity index (χ0v) is 12.4. The molecule has 1 aliphatic rings. The van der Waals surface area contributed by atoms with Crippen LogP contribution >= 0.6 is 0 Å². The molecule has 1 heterocycles. The third kappa shape index (κ3) is 4.01. The number of rotatable bonds is 4. The van der Waals surface area contributed by atoms with E-state index in [1.165, 1.54) is 12.1 Å². The van der Waals surface area contributed by atoms with Crippen LogP contribution in [0, 0.1) is 22.5 Å². The first-order valence-corrected chi connectivity index (χ1v) is 7.15. The number of non-ortho nitro benzene ring substituents is 1. The summed E-state index contributed by atoms with van der Waals surface area (Å²) >= 11 is 0. The molecule has 114 valence electrons. The fourth-order valence-corrected chi connectivity index (χ4v) is 2.60. The van der Waals surface area contributed by atoms with Gasteiger partial charge in [0, 0.05) is 24.2 Å². The lowest BCUT2D eigenvalue weighted by molar-refractivity contribution is -0.384. The highest BCUT2D eigenvalue weighted by Crippen LogP contribution is 2.27. The Morgan fingerprint density at radius 3 is 2.67 bits per heavy atom. The monoisotopic (exact) mass is 291 g/mol. The Bertz CT molecular complexity index is 551. The van der Waals surface area contributed by atoms with Crippen LogP contribution in [-0.2, 0) is 0 Å². The molecule has 0 bridgehead atoms. The average Bonchev–Trinajstić information content (AvgIpc) is 2.45. The molecular weight excluding hydrogens is 270 g/mol. The molecule has 1 amide bonds. The number of nitrogens with zero attached hydrogens (tertiary/aromatic N) is 1. The SMILES string of the molecule is Cc1cc(C(=O)NCC2(C)CCNCC2)cc([N+](=O)[O-])c1. The van der Waals surface area contributed by atoms with E-state index < -0.39 is 4.92 Å². The quantitative estimate of drug-likeness (QED) is 0.656. The van der Waals surface area contributed by atoms with Crippen molar-refractivity contribution in [2.24, 2.45) is 5.41 Å². The number of benzene rings is 1. The lowest BCUT2D eigenvalue weighted by atomic mass is 9.81. The van der Waals surface area contributed by atoms with Gasteiger partial charge in [0.25, 0.3) is 11.6 Å². The van der Waals surface area contributed by atoms with Gasteiger partial charge in [-0.25, -0.2) is 0 Å². The highest BCUT2D eigenvalue weighted by Gasteiger charge is 2.27. The molecule has 0 saturated carbocycles. The van der Waals surface area contributed by atoms with Gasteiger partial charge in [-0.15, -0.1) is 0 Å². The van der Waals surface area contributed by atoms with Gasteiger partial charge in [0.15, 0.2) is 0 Å². The summed E-state index contributed by atoms with van der Waals surface area (Å²) in [6.07, 6.45) is 2.03. The van der Waals surface area contributed by atoms with Crippen molar-refractivity contribution in [3.8, 4) is 0 Å². The highest BCUT2D eigenvalue weighted by atomic mass is 16.6. The van der Waals surface area contributed by atoms with E-state index in [-0.39, 0.29) is 17.0 Å². The molecule has 1 saturated heterocycles. The minimum atomic E-state index is -0.474. The zero-order chi connectivity index (χ0) is 15.5. The number of hydrogen-bond acceptors (Lipinski definition) is 4. The van der Waals surface area contributed by atoms with Gasteiger partial charge in [0.1, 0.15) is 0 Å². The van der Waals surface area contributed by atoms with Crippen molar-refractivity contribution < 1.29 is 9.72 Å². The van der Waals surface area contributed by atoms with Crippen LogP contribution in [0.15, 0.2) is 18.2 Å². The van der Waals surface area contributed by atoms with E-state index in [1.54, 1.807) is 13.0 Å². The molecule has 0 aromatic heterocycles. The standard InChI is InChI=1S/C15H21N3O3/c1-11-7-12(9-13(8-11)18(20)21)14(19)17-10-15(2)3-5-16-6-4-15/h7-9,16H,3-6,10H2,1-2H3,(H,17,19). The Hall–Kier alpha value is -1.95. The summed E-state index contributed by atoms with van der Waals surface area (Å²) in [6, 6.07) is 4.46. The van der Waals surface area contributed by atoms with Crippen molar-refractivity contribution in [2.75, 3.05) is 19.6 Å². The van der Waals surface area contributed by atoms with Crippen LogP contribution in [0.5, 0.6) is 0 Å². The van der Waals surface area contributed by atoms with Gasteiger partial charge in [-0.1, -0.05) is 6.92 Å².